The zero-order chi connectivity index (χ0) is 10.0. The molecule has 0 amide bonds. The van der Waals surface area contributed by atoms with Crippen molar-refractivity contribution in [3.63, 3.8) is 0 Å². The molecule has 0 aromatic carbocycles. The summed E-state index contributed by atoms with van der Waals surface area (Å²) in [5.41, 5.74) is 12.0. The molecule has 1 heterocycles. The molecule has 72 valence electrons. The van der Waals surface area contributed by atoms with Crippen molar-refractivity contribution in [2.75, 3.05) is 5.73 Å². The lowest BCUT2D eigenvalue weighted by atomic mass is 10.1. The van der Waals surface area contributed by atoms with Crippen LogP contribution in [0.3, 0.4) is 0 Å². The van der Waals surface area contributed by atoms with Crippen LogP contribution < -0.4 is 11.5 Å². The van der Waals surface area contributed by atoms with Crippen LogP contribution in [-0.4, -0.2) is 16.2 Å². The fourth-order valence-electron chi connectivity index (χ4n) is 0.924. The molecule has 0 aliphatic carbocycles. The largest absolute Gasteiger partial charge is 0.391 e. The lowest BCUT2D eigenvalue weighted by molar-refractivity contribution is 0.164. The first-order chi connectivity index (χ1) is 6.02. The number of nitrogens with zero attached hydrogens (tertiary/aromatic N) is 1. The van der Waals surface area contributed by atoms with E-state index in [9.17, 15) is 5.11 Å². The second-order valence-electron chi connectivity index (χ2n) is 2.90. The number of nitrogen functional groups attached to an aromatic ring is 1. The number of aliphatic hydroxyl groups excluding tert-OH is 1. The Kier molecular flexibility index (Phi) is 3.24. The number of rotatable bonds is 2. The summed E-state index contributed by atoms with van der Waals surface area (Å²) in [7, 11) is 0. The van der Waals surface area contributed by atoms with Gasteiger partial charge in [-0.25, -0.2) is 4.98 Å². The quantitative estimate of drug-likeness (QED) is 0.720. The van der Waals surface area contributed by atoms with Crippen LogP contribution in [0.15, 0.2) is 16.7 Å². The standard InChI is InChI=1S/C8H12BrN3O/c1-4(13)7(10)5-2-6(9)8(11)12-3-5/h2-4,7,13H,10H2,1H3,(H2,11,12)/t4-,7+/m0/s1. The second kappa shape index (κ2) is 4.04. The van der Waals surface area contributed by atoms with E-state index < -0.39 is 12.1 Å². The Morgan fingerprint density at radius 1 is 1.62 bits per heavy atom. The van der Waals surface area contributed by atoms with Crippen molar-refractivity contribution in [2.24, 2.45) is 5.73 Å². The third-order valence-electron chi connectivity index (χ3n) is 1.80. The Labute approximate surface area is 85.1 Å². The lowest BCUT2D eigenvalue weighted by Crippen LogP contribution is -2.23. The Morgan fingerprint density at radius 2 is 2.23 bits per heavy atom. The molecule has 0 saturated carbocycles. The van der Waals surface area contributed by atoms with Crippen LogP contribution >= 0.6 is 15.9 Å². The molecule has 0 aliphatic heterocycles. The van der Waals surface area contributed by atoms with E-state index in [0.29, 0.717) is 10.3 Å². The van der Waals surface area contributed by atoms with E-state index in [4.69, 9.17) is 11.5 Å². The van der Waals surface area contributed by atoms with Gasteiger partial charge in [-0.2, -0.15) is 0 Å². The van der Waals surface area contributed by atoms with Gasteiger partial charge in [-0.3, -0.25) is 0 Å². The van der Waals surface area contributed by atoms with Crippen LogP contribution in [0.4, 0.5) is 5.82 Å². The summed E-state index contributed by atoms with van der Waals surface area (Å²) < 4.78 is 0.695. The van der Waals surface area contributed by atoms with Crippen LogP contribution in [-0.2, 0) is 0 Å². The van der Waals surface area contributed by atoms with Gasteiger partial charge in [0.2, 0.25) is 0 Å². The van der Waals surface area contributed by atoms with Gasteiger partial charge in [0.1, 0.15) is 5.82 Å². The SMILES string of the molecule is C[C@H](O)[C@@H](N)c1cnc(N)c(Br)c1. The first-order valence-electron chi connectivity index (χ1n) is 3.87. The van der Waals surface area contributed by atoms with Gasteiger partial charge in [-0.15, -0.1) is 0 Å². The third kappa shape index (κ3) is 2.40. The number of halogens is 1. The van der Waals surface area contributed by atoms with Crippen LogP contribution in [0.2, 0.25) is 0 Å². The van der Waals surface area contributed by atoms with Gasteiger partial charge in [0.15, 0.2) is 0 Å². The van der Waals surface area contributed by atoms with E-state index in [0.717, 1.165) is 5.56 Å². The number of hydrogen-bond donors (Lipinski definition) is 3. The summed E-state index contributed by atoms with van der Waals surface area (Å²) in [6.45, 7) is 1.63. The van der Waals surface area contributed by atoms with Gasteiger partial charge >= 0.3 is 0 Å². The van der Waals surface area contributed by atoms with E-state index >= 15 is 0 Å². The Bertz CT molecular complexity index is 303. The molecule has 0 saturated heterocycles. The van der Waals surface area contributed by atoms with E-state index in [1.807, 2.05) is 0 Å². The molecule has 5 heteroatoms. The van der Waals surface area contributed by atoms with Gasteiger partial charge in [0.25, 0.3) is 0 Å². The molecule has 2 atom stereocenters. The van der Waals surface area contributed by atoms with Crippen molar-refractivity contribution in [3.05, 3.63) is 22.3 Å². The van der Waals surface area contributed by atoms with Crippen molar-refractivity contribution in [3.8, 4) is 0 Å². The number of aliphatic hydroxyl groups is 1. The van der Waals surface area contributed by atoms with Crippen LogP contribution in [0.1, 0.15) is 18.5 Å². The molecule has 4 nitrogen and oxygen atoms in total. The van der Waals surface area contributed by atoms with Crippen molar-refractivity contribution < 1.29 is 5.11 Å². The van der Waals surface area contributed by atoms with Crippen molar-refractivity contribution in [1.82, 2.24) is 4.98 Å². The van der Waals surface area contributed by atoms with E-state index in [2.05, 4.69) is 20.9 Å². The molecule has 5 N–H and O–H groups in total. The highest BCUT2D eigenvalue weighted by molar-refractivity contribution is 9.10. The Morgan fingerprint density at radius 3 is 2.69 bits per heavy atom. The lowest BCUT2D eigenvalue weighted by Gasteiger charge is -2.14. The molecule has 1 aromatic rings. The predicted octanol–water partition coefficient (Wildman–Crippen LogP) is 0.807. The summed E-state index contributed by atoms with van der Waals surface area (Å²) in [6, 6.07) is 1.34. The van der Waals surface area contributed by atoms with Crippen LogP contribution in [0, 0.1) is 0 Å². The zero-order valence-corrected chi connectivity index (χ0v) is 8.82. The summed E-state index contributed by atoms with van der Waals surface area (Å²) in [6.07, 6.45) is 0.967. The number of hydrogen-bond acceptors (Lipinski definition) is 4. The third-order valence-corrected chi connectivity index (χ3v) is 2.43. The van der Waals surface area contributed by atoms with E-state index in [1.54, 1.807) is 19.2 Å². The summed E-state index contributed by atoms with van der Waals surface area (Å²) in [4.78, 5) is 3.92. The molecule has 0 bridgehead atoms. The van der Waals surface area contributed by atoms with Gasteiger partial charge in [-0.05, 0) is 34.5 Å². The van der Waals surface area contributed by atoms with E-state index in [1.165, 1.54) is 0 Å². The molecular weight excluding hydrogens is 234 g/mol. The van der Waals surface area contributed by atoms with Crippen LogP contribution in [0.25, 0.3) is 0 Å². The van der Waals surface area contributed by atoms with Gasteiger partial charge in [0, 0.05) is 6.20 Å². The number of anilines is 1. The molecule has 0 radical (unpaired) electrons. The summed E-state index contributed by atoms with van der Waals surface area (Å²) in [5.74, 6) is 0.418. The first kappa shape index (κ1) is 10.4. The highest BCUT2D eigenvalue weighted by Crippen LogP contribution is 2.21. The van der Waals surface area contributed by atoms with Gasteiger partial charge in [0.05, 0.1) is 16.6 Å². The summed E-state index contributed by atoms with van der Waals surface area (Å²) >= 11 is 3.24. The molecule has 0 unspecified atom stereocenters. The summed E-state index contributed by atoms with van der Waals surface area (Å²) in [5, 5.41) is 9.24. The molecule has 0 spiro atoms. The van der Waals surface area contributed by atoms with Crippen molar-refractivity contribution in [1.29, 1.82) is 0 Å². The minimum Gasteiger partial charge on any atom is -0.391 e. The molecular formula is C8H12BrN3O. The first-order valence-corrected chi connectivity index (χ1v) is 4.66. The maximum Gasteiger partial charge on any atom is 0.137 e. The number of nitrogens with two attached hydrogens (primary N) is 2. The minimum atomic E-state index is -0.600. The van der Waals surface area contributed by atoms with Crippen LogP contribution in [0.5, 0.6) is 0 Å². The monoisotopic (exact) mass is 245 g/mol. The van der Waals surface area contributed by atoms with Gasteiger partial charge in [-0.1, -0.05) is 0 Å². The Hall–Kier alpha value is -0.650. The van der Waals surface area contributed by atoms with Crippen molar-refractivity contribution >= 4 is 21.7 Å². The molecule has 0 fully saturated rings. The van der Waals surface area contributed by atoms with Crippen molar-refractivity contribution in [2.45, 2.75) is 19.1 Å². The fraction of sp³-hybridized carbons (Fsp3) is 0.375. The average Bonchev–Trinajstić information content (AvgIpc) is 2.08. The zero-order valence-electron chi connectivity index (χ0n) is 7.24. The average molecular weight is 246 g/mol. The van der Waals surface area contributed by atoms with E-state index in [-0.39, 0.29) is 0 Å². The maximum atomic E-state index is 9.24. The molecule has 1 aromatic heterocycles. The smallest absolute Gasteiger partial charge is 0.137 e. The Balaban J connectivity index is 2.97. The topological polar surface area (TPSA) is 85.2 Å². The molecule has 0 aliphatic rings. The van der Waals surface area contributed by atoms with Gasteiger partial charge < -0.3 is 16.6 Å². The highest BCUT2D eigenvalue weighted by Gasteiger charge is 2.13. The number of aromatic nitrogens is 1. The highest BCUT2D eigenvalue weighted by atomic mass is 79.9. The fourth-order valence-corrected chi connectivity index (χ4v) is 1.29. The normalized spacial score (nSPS) is 15.4. The predicted molar refractivity (Wildman–Crippen MR) is 55.0 cm³/mol. The molecule has 1 rings (SSSR count). The number of pyridine rings is 1. The second-order valence-corrected chi connectivity index (χ2v) is 3.76. The molecule has 13 heavy (non-hydrogen) atoms. The minimum absolute atomic E-state index is 0.418. The maximum absolute atomic E-state index is 9.24.